The van der Waals surface area contributed by atoms with Crippen LogP contribution in [-0.4, -0.2) is 89.9 Å². The molecule has 5 unspecified atom stereocenters. The van der Waals surface area contributed by atoms with Gasteiger partial charge in [0.2, 0.25) is 0 Å². The van der Waals surface area contributed by atoms with Gasteiger partial charge in [0.15, 0.2) is 0 Å². The van der Waals surface area contributed by atoms with Crippen LogP contribution >= 0.6 is 8.46 Å². The quantitative estimate of drug-likeness (QED) is 0.0419. The molecule has 0 spiro atoms. The standard InChI is InChI=1S/C40H53B2N3O8PSi/c1-26-28(3)51-34(24-48-29(4)46)37(36(26)49-23-30-17-11-8-12-18-30)53-39-35(44-45-43)38(54-42-41-47)27(2)33(52-39)25-50-55(40(5,6)7,31-19-13-9-14-20-31)32-21-15-10-16-22-32/h8-22,26-28,33-39,54H,23-25H2,1-7H3/t26?,27-,28+,33?,34?,35?,36+,37-,38+,39-/m1/s1. The molecule has 0 aromatic heterocycles. The van der Waals surface area contributed by atoms with Crippen LogP contribution in [0.1, 0.15) is 54.0 Å². The van der Waals surface area contributed by atoms with Crippen LogP contribution < -0.4 is 10.4 Å². The fraction of sp³-hybridized carbons (Fsp3) is 0.525. The molecule has 11 atom stereocenters. The maximum atomic E-state index is 12.0. The number of nitrogens with zero attached hydrogens (tertiary/aromatic N) is 3. The Balaban J connectivity index is 1.53. The number of azide groups is 1. The summed E-state index contributed by atoms with van der Waals surface area (Å²) in [5, 5.41) is 6.25. The monoisotopic (exact) mass is 784 g/mol. The van der Waals surface area contributed by atoms with Crippen molar-refractivity contribution < 1.29 is 37.6 Å². The molecule has 3 aromatic rings. The van der Waals surface area contributed by atoms with E-state index in [1.54, 1.807) is 6.89 Å². The fourth-order valence-corrected chi connectivity index (χ4v) is 13.7. The van der Waals surface area contributed by atoms with Gasteiger partial charge < -0.3 is 0 Å². The van der Waals surface area contributed by atoms with Crippen LogP contribution in [0.5, 0.6) is 0 Å². The summed E-state index contributed by atoms with van der Waals surface area (Å²) < 4.78 is 51.5. The zero-order valence-electron chi connectivity index (χ0n) is 32.8. The summed E-state index contributed by atoms with van der Waals surface area (Å²) in [6.07, 6.45) is -3.81. The number of carbonyl (C=O) groups excluding carboxylic acids is 1. The van der Waals surface area contributed by atoms with Gasteiger partial charge in [-0.05, 0) is 0 Å². The molecular formula is C40H53B2N3O8PSi. The van der Waals surface area contributed by atoms with Crippen LogP contribution in [0.3, 0.4) is 0 Å². The Morgan fingerprint density at radius 2 is 1.47 bits per heavy atom. The van der Waals surface area contributed by atoms with E-state index in [-0.39, 0.29) is 50.3 Å². The Kier molecular flexibility index (Phi) is 15.5. The number of benzene rings is 3. The molecule has 5 rings (SSSR count). The molecule has 2 heterocycles. The summed E-state index contributed by atoms with van der Waals surface area (Å²) in [7, 11) is -2.16. The third-order valence-corrected chi connectivity index (χ3v) is 17.5. The van der Waals surface area contributed by atoms with Crippen LogP contribution in [-0.2, 0) is 44.2 Å². The Morgan fingerprint density at radius 1 is 0.873 bits per heavy atom. The van der Waals surface area contributed by atoms with E-state index < -0.39 is 51.0 Å². The van der Waals surface area contributed by atoms with E-state index in [1.165, 1.54) is 6.92 Å². The summed E-state index contributed by atoms with van der Waals surface area (Å²) in [5.41, 5.74) is 10.6. The Hall–Kier alpha value is -3.18. The molecule has 2 fully saturated rings. The second-order valence-electron chi connectivity index (χ2n) is 15.5. The number of carbonyl (C=O) groups is 1. The maximum absolute atomic E-state index is 12.0. The molecule has 3 aromatic carbocycles. The predicted octanol–water partition coefficient (Wildman–Crippen LogP) is 6.19. The van der Waals surface area contributed by atoms with Crippen molar-refractivity contribution >= 4 is 47.0 Å². The van der Waals surface area contributed by atoms with Gasteiger partial charge in [-0.2, -0.15) is 0 Å². The van der Waals surface area contributed by atoms with E-state index in [4.69, 9.17) is 28.1 Å². The van der Waals surface area contributed by atoms with E-state index in [0.29, 0.717) is 6.61 Å². The van der Waals surface area contributed by atoms with E-state index in [9.17, 15) is 15.0 Å². The first kappa shape index (κ1) is 42.9. The molecule has 0 aliphatic carbocycles. The van der Waals surface area contributed by atoms with Gasteiger partial charge in [-0.1, -0.05) is 18.2 Å². The molecule has 2 aliphatic heterocycles. The van der Waals surface area contributed by atoms with E-state index in [1.807, 2.05) is 80.6 Å². The zero-order chi connectivity index (χ0) is 39.6. The average Bonchev–Trinajstić information content (AvgIpc) is 3.17. The number of hydrogen-bond donors (Lipinski definition) is 0. The normalized spacial score (nSPS) is 28.6. The molecule has 291 valence electrons. The van der Waals surface area contributed by atoms with Crippen LogP contribution in [0, 0.1) is 11.8 Å². The summed E-state index contributed by atoms with van der Waals surface area (Å²) in [4.78, 5) is 15.3. The molecule has 55 heavy (non-hydrogen) atoms. The number of rotatable bonds is 16. The molecule has 2 aliphatic rings. The summed E-state index contributed by atoms with van der Waals surface area (Å²) in [6.45, 7) is 16.1. The minimum absolute atomic E-state index is 0.0250. The molecule has 1 radical (unpaired) electrons. The molecule has 0 N–H and O–H groups in total. The summed E-state index contributed by atoms with van der Waals surface area (Å²) in [6, 6.07) is 29.9. The minimum atomic E-state index is -2.96. The first-order valence-corrected chi connectivity index (χ1v) is 22.0. The molecule has 0 saturated carbocycles. The van der Waals surface area contributed by atoms with Crippen molar-refractivity contribution in [2.45, 2.75) is 109 Å². The number of ether oxygens (including phenoxy) is 5. The van der Waals surface area contributed by atoms with Crippen molar-refractivity contribution in [1.29, 1.82) is 0 Å². The van der Waals surface area contributed by atoms with E-state index in [0.717, 1.165) is 23.0 Å². The summed E-state index contributed by atoms with van der Waals surface area (Å²) in [5.74, 6) is -0.763. The third kappa shape index (κ3) is 10.2. The molecule has 0 amide bonds. The van der Waals surface area contributed by atoms with Crippen molar-refractivity contribution in [3.8, 4) is 0 Å². The van der Waals surface area contributed by atoms with Gasteiger partial charge in [-0.25, -0.2) is 0 Å². The van der Waals surface area contributed by atoms with E-state index >= 15 is 0 Å². The molecular weight excluding hydrogens is 731 g/mol. The molecule has 2 saturated heterocycles. The van der Waals surface area contributed by atoms with Gasteiger partial charge in [-0.15, -0.1) is 0 Å². The second-order valence-corrected chi connectivity index (χ2v) is 21.1. The number of esters is 1. The average molecular weight is 785 g/mol. The van der Waals surface area contributed by atoms with Gasteiger partial charge in [0.05, 0.1) is 0 Å². The van der Waals surface area contributed by atoms with Crippen molar-refractivity contribution in [3.63, 3.8) is 0 Å². The van der Waals surface area contributed by atoms with Crippen LogP contribution in [0.25, 0.3) is 10.4 Å². The van der Waals surface area contributed by atoms with Crippen molar-refractivity contribution in [1.82, 2.24) is 0 Å². The van der Waals surface area contributed by atoms with Gasteiger partial charge in [0.1, 0.15) is 0 Å². The van der Waals surface area contributed by atoms with Crippen LogP contribution in [0.2, 0.25) is 5.04 Å². The van der Waals surface area contributed by atoms with Gasteiger partial charge >= 0.3 is 312 Å². The van der Waals surface area contributed by atoms with Crippen molar-refractivity contribution in [2.75, 3.05) is 13.2 Å². The van der Waals surface area contributed by atoms with E-state index in [2.05, 4.69) is 62.0 Å². The fourth-order valence-electron chi connectivity index (χ4n) is 7.87. The molecule has 15 heteroatoms. The third-order valence-electron chi connectivity index (χ3n) is 10.9. The van der Waals surface area contributed by atoms with Gasteiger partial charge in [0, 0.05) is 0 Å². The summed E-state index contributed by atoms with van der Waals surface area (Å²) >= 11 is 0. The Bertz CT molecular complexity index is 1680. The Labute approximate surface area is 329 Å². The van der Waals surface area contributed by atoms with Crippen molar-refractivity contribution in [3.05, 3.63) is 107 Å². The Morgan fingerprint density at radius 3 is 2.02 bits per heavy atom. The van der Waals surface area contributed by atoms with Gasteiger partial charge in [-0.3, -0.25) is 0 Å². The first-order chi connectivity index (χ1) is 26.4. The SMILES string of the molecule is CC(=O)OCC1O[C@@H](C)C(C)[C@H](OCc2ccccc2)[C@@H]1O[C@H]1OC(CO[Si](c2ccccc2)(c2ccccc2)C(C)(C)C)[C@@H](C)[C@H](P[B]B=O)C1N=[N+]=[N-]. The molecule has 11 nitrogen and oxygen atoms in total. The zero-order valence-corrected chi connectivity index (χ0v) is 34.8. The van der Waals surface area contributed by atoms with Crippen LogP contribution in [0.4, 0.5) is 0 Å². The molecule has 0 bridgehead atoms. The van der Waals surface area contributed by atoms with Crippen LogP contribution in [0.15, 0.2) is 96.1 Å². The first-order valence-electron chi connectivity index (χ1n) is 19.0. The predicted molar refractivity (Wildman–Crippen MR) is 219 cm³/mol. The number of hydrogen-bond acceptors (Lipinski definition) is 9. The van der Waals surface area contributed by atoms with Gasteiger partial charge in [0.25, 0.3) is 0 Å². The topological polar surface area (TPSA) is 138 Å². The van der Waals surface area contributed by atoms with Crippen molar-refractivity contribution in [2.24, 2.45) is 17.0 Å². The second kappa shape index (κ2) is 19.8.